The summed E-state index contributed by atoms with van der Waals surface area (Å²) in [6.45, 7) is 3.92. The zero-order valence-corrected chi connectivity index (χ0v) is 12.4. The van der Waals surface area contributed by atoms with Gasteiger partial charge in [-0.15, -0.1) is 0 Å². The van der Waals surface area contributed by atoms with Crippen LogP contribution >= 0.6 is 0 Å². The summed E-state index contributed by atoms with van der Waals surface area (Å²) in [5, 5.41) is 0. The molecular weight excluding hydrogens is 238 g/mol. The highest BCUT2D eigenvalue weighted by molar-refractivity contribution is 5.53. The van der Waals surface area contributed by atoms with Crippen molar-refractivity contribution in [3.8, 4) is 5.75 Å². The second-order valence-electron chi connectivity index (χ2n) is 5.66. The molecule has 0 saturated carbocycles. The maximum atomic E-state index is 6.10. The van der Waals surface area contributed by atoms with Gasteiger partial charge in [0.05, 0.1) is 12.6 Å². The first kappa shape index (κ1) is 14.2. The van der Waals surface area contributed by atoms with E-state index in [4.69, 9.17) is 10.5 Å². The van der Waals surface area contributed by atoms with Crippen LogP contribution < -0.4 is 15.4 Å². The molecule has 2 atom stereocenters. The summed E-state index contributed by atoms with van der Waals surface area (Å²) in [6, 6.07) is 8.74. The minimum Gasteiger partial charge on any atom is -0.497 e. The van der Waals surface area contributed by atoms with Gasteiger partial charge < -0.3 is 20.3 Å². The molecule has 0 aliphatic carbocycles. The van der Waals surface area contributed by atoms with E-state index in [9.17, 15) is 0 Å². The van der Waals surface area contributed by atoms with Gasteiger partial charge in [0, 0.05) is 37.9 Å². The molecule has 19 heavy (non-hydrogen) atoms. The highest BCUT2D eigenvalue weighted by Crippen LogP contribution is 2.34. The zero-order valence-electron chi connectivity index (χ0n) is 12.4. The molecule has 0 radical (unpaired) electrons. The molecule has 4 nitrogen and oxygen atoms in total. The zero-order chi connectivity index (χ0) is 14.0. The van der Waals surface area contributed by atoms with Crippen LogP contribution in [0.2, 0.25) is 0 Å². The van der Waals surface area contributed by atoms with Crippen LogP contribution in [0, 0.1) is 0 Å². The fraction of sp³-hybridized carbons (Fsp3) is 0.600. The summed E-state index contributed by atoms with van der Waals surface area (Å²) in [6.07, 6.45) is 1.09. The molecule has 1 aromatic carbocycles. The minimum absolute atomic E-state index is 0.0144. The number of likely N-dealkylation sites (N-methyl/N-ethyl adjacent to an activating group) is 2. The first-order valence-corrected chi connectivity index (χ1v) is 6.80. The number of methoxy groups -OCH3 is 1. The van der Waals surface area contributed by atoms with Crippen LogP contribution in [0.25, 0.3) is 0 Å². The third-order valence-corrected chi connectivity index (χ3v) is 4.50. The molecule has 1 saturated heterocycles. The number of nitrogens with zero attached hydrogens (tertiary/aromatic N) is 2. The second-order valence-corrected chi connectivity index (χ2v) is 5.66. The monoisotopic (exact) mass is 263 g/mol. The van der Waals surface area contributed by atoms with Crippen molar-refractivity contribution in [3.05, 3.63) is 24.3 Å². The van der Waals surface area contributed by atoms with E-state index < -0.39 is 0 Å². The molecule has 0 amide bonds. The largest absolute Gasteiger partial charge is 0.497 e. The Morgan fingerprint density at radius 2 is 2.26 bits per heavy atom. The van der Waals surface area contributed by atoms with Crippen molar-refractivity contribution in [1.29, 1.82) is 0 Å². The van der Waals surface area contributed by atoms with Gasteiger partial charge >= 0.3 is 0 Å². The molecule has 0 aromatic heterocycles. The summed E-state index contributed by atoms with van der Waals surface area (Å²) < 4.78 is 5.31. The van der Waals surface area contributed by atoms with Crippen molar-refractivity contribution in [2.75, 3.05) is 39.2 Å². The summed E-state index contributed by atoms with van der Waals surface area (Å²) in [5.41, 5.74) is 7.28. The van der Waals surface area contributed by atoms with Crippen molar-refractivity contribution in [1.82, 2.24) is 4.90 Å². The first-order valence-electron chi connectivity index (χ1n) is 6.80. The van der Waals surface area contributed by atoms with E-state index >= 15 is 0 Å². The van der Waals surface area contributed by atoms with Crippen LogP contribution in [0.4, 0.5) is 5.69 Å². The average Bonchev–Trinajstić information content (AvgIpc) is 2.74. The maximum absolute atomic E-state index is 6.10. The van der Waals surface area contributed by atoms with E-state index in [1.807, 2.05) is 12.1 Å². The lowest BCUT2D eigenvalue weighted by atomic mass is 9.93. The smallest absolute Gasteiger partial charge is 0.120 e. The Kier molecular flexibility index (Phi) is 4.02. The number of anilines is 1. The van der Waals surface area contributed by atoms with Gasteiger partial charge in [-0.05, 0) is 32.5 Å². The molecule has 0 bridgehead atoms. The number of hydrogen-bond donors (Lipinski definition) is 1. The SMILES string of the molecule is COc1cccc(N(C)C2(CN)CC(C)N(C)C2)c1. The van der Waals surface area contributed by atoms with Crippen LogP contribution in [0.3, 0.4) is 0 Å². The quantitative estimate of drug-likeness (QED) is 0.895. The molecule has 1 heterocycles. The van der Waals surface area contributed by atoms with Gasteiger partial charge in [-0.25, -0.2) is 0 Å². The van der Waals surface area contributed by atoms with Crippen LogP contribution in [0.5, 0.6) is 5.75 Å². The van der Waals surface area contributed by atoms with Gasteiger partial charge in [-0.1, -0.05) is 6.07 Å². The van der Waals surface area contributed by atoms with Crippen LogP contribution in [-0.4, -0.2) is 50.8 Å². The number of ether oxygens (including phenoxy) is 1. The molecular formula is C15H25N3O. The standard InChI is InChI=1S/C15H25N3O/c1-12-9-15(10-16,11-17(12)2)18(3)13-6-5-7-14(8-13)19-4/h5-8,12H,9-11,16H2,1-4H3. The van der Waals surface area contributed by atoms with Crippen molar-refractivity contribution in [3.63, 3.8) is 0 Å². The lowest BCUT2D eigenvalue weighted by molar-refractivity contribution is 0.318. The molecule has 2 unspecified atom stereocenters. The fourth-order valence-corrected chi connectivity index (χ4v) is 3.01. The number of rotatable bonds is 4. The van der Waals surface area contributed by atoms with Crippen molar-refractivity contribution in [2.24, 2.45) is 5.73 Å². The fourth-order valence-electron chi connectivity index (χ4n) is 3.01. The van der Waals surface area contributed by atoms with Crippen LogP contribution in [-0.2, 0) is 0 Å². The molecule has 106 valence electrons. The molecule has 1 fully saturated rings. The summed E-state index contributed by atoms with van der Waals surface area (Å²) in [5.74, 6) is 0.885. The van der Waals surface area contributed by atoms with E-state index in [0.717, 1.165) is 24.4 Å². The Hall–Kier alpha value is -1.26. The number of hydrogen-bond acceptors (Lipinski definition) is 4. The second kappa shape index (κ2) is 5.39. The van der Waals surface area contributed by atoms with E-state index in [0.29, 0.717) is 12.6 Å². The van der Waals surface area contributed by atoms with E-state index in [2.05, 4.69) is 43.0 Å². The van der Waals surface area contributed by atoms with Gasteiger partial charge in [0.2, 0.25) is 0 Å². The van der Waals surface area contributed by atoms with Gasteiger partial charge in [0.25, 0.3) is 0 Å². The third kappa shape index (κ3) is 2.55. The van der Waals surface area contributed by atoms with E-state index in [-0.39, 0.29) is 5.54 Å². The Bertz CT molecular complexity index is 425. The Morgan fingerprint density at radius 1 is 1.53 bits per heavy atom. The third-order valence-electron chi connectivity index (χ3n) is 4.50. The van der Waals surface area contributed by atoms with Crippen molar-refractivity contribution in [2.45, 2.75) is 24.9 Å². The number of benzene rings is 1. The summed E-state index contributed by atoms with van der Waals surface area (Å²) in [4.78, 5) is 4.69. The Morgan fingerprint density at radius 3 is 2.79 bits per heavy atom. The highest BCUT2D eigenvalue weighted by atomic mass is 16.5. The molecule has 1 aliphatic heterocycles. The Balaban J connectivity index is 2.28. The molecule has 4 heteroatoms. The average molecular weight is 263 g/mol. The molecule has 2 rings (SSSR count). The van der Waals surface area contributed by atoms with Gasteiger partial charge in [0.15, 0.2) is 0 Å². The molecule has 1 aromatic rings. The van der Waals surface area contributed by atoms with Crippen LogP contribution in [0.15, 0.2) is 24.3 Å². The molecule has 1 aliphatic rings. The van der Waals surface area contributed by atoms with Gasteiger partial charge in [-0.2, -0.15) is 0 Å². The van der Waals surface area contributed by atoms with Gasteiger partial charge in [0.1, 0.15) is 5.75 Å². The number of nitrogens with two attached hydrogens (primary N) is 1. The maximum Gasteiger partial charge on any atom is 0.120 e. The topological polar surface area (TPSA) is 41.7 Å². The lowest BCUT2D eigenvalue weighted by Crippen LogP contribution is -2.54. The van der Waals surface area contributed by atoms with Crippen molar-refractivity contribution >= 4 is 5.69 Å². The minimum atomic E-state index is 0.0144. The van der Waals surface area contributed by atoms with Crippen molar-refractivity contribution < 1.29 is 4.74 Å². The van der Waals surface area contributed by atoms with E-state index in [1.165, 1.54) is 0 Å². The summed E-state index contributed by atoms with van der Waals surface area (Å²) >= 11 is 0. The lowest BCUT2D eigenvalue weighted by Gasteiger charge is -2.39. The normalized spacial score (nSPS) is 27.5. The Labute approximate surface area is 116 Å². The molecule has 0 spiro atoms. The highest BCUT2D eigenvalue weighted by Gasteiger charge is 2.42. The number of likely N-dealkylation sites (tertiary alicyclic amines) is 1. The molecule has 2 N–H and O–H groups in total. The first-order chi connectivity index (χ1) is 9.02. The van der Waals surface area contributed by atoms with E-state index in [1.54, 1.807) is 7.11 Å². The predicted octanol–water partition coefficient (Wildman–Crippen LogP) is 1.55. The van der Waals surface area contributed by atoms with Crippen LogP contribution in [0.1, 0.15) is 13.3 Å². The predicted molar refractivity (Wildman–Crippen MR) is 79.9 cm³/mol. The summed E-state index contributed by atoms with van der Waals surface area (Å²) in [7, 11) is 6.00. The van der Waals surface area contributed by atoms with Gasteiger partial charge in [-0.3, -0.25) is 0 Å².